The Morgan fingerprint density at radius 2 is 2.22 bits per heavy atom. The molecule has 0 radical (unpaired) electrons. The van der Waals surface area contributed by atoms with Crippen LogP contribution in [-0.4, -0.2) is 44.5 Å². The Labute approximate surface area is 185 Å². The number of nitriles is 1. The Morgan fingerprint density at radius 1 is 1.41 bits per heavy atom. The number of amides is 1. The van der Waals surface area contributed by atoms with E-state index in [1.807, 2.05) is 0 Å². The van der Waals surface area contributed by atoms with Gasteiger partial charge in [0, 0.05) is 35.1 Å². The van der Waals surface area contributed by atoms with E-state index in [1.54, 1.807) is 24.4 Å². The zero-order chi connectivity index (χ0) is 22.9. The van der Waals surface area contributed by atoms with E-state index in [2.05, 4.69) is 16.0 Å². The average molecular weight is 461 g/mol. The Morgan fingerprint density at radius 3 is 2.91 bits per heavy atom. The van der Waals surface area contributed by atoms with Gasteiger partial charge in [-0.15, -0.1) is 11.8 Å². The zero-order valence-corrected chi connectivity index (χ0v) is 17.4. The van der Waals surface area contributed by atoms with Crippen molar-refractivity contribution in [1.82, 2.24) is 14.9 Å². The molecule has 7 nitrogen and oxygen atoms in total. The maximum absolute atomic E-state index is 12.7. The summed E-state index contributed by atoms with van der Waals surface area (Å²) in [4.78, 5) is 21.0. The van der Waals surface area contributed by atoms with Crippen LogP contribution in [0.3, 0.4) is 0 Å². The molecular formula is C21H18F3N5O2S. The fourth-order valence-corrected chi connectivity index (χ4v) is 4.51. The van der Waals surface area contributed by atoms with Gasteiger partial charge in [-0.25, -0.2) is 4.98 Å². The van der Waals surface area contributed by atoms with Crippen molar-refractivity contribution in [3.63, 3.8) is 0 Å². The fourth-order valence-electron chi connectivity index (χ4n) is 3.42. The molecule has 3 aromatic rings. The first-order valence-corrected chi connectivity index (χ1v) is 10.8. The number of thioether (sulfide) groups is 1. The first-order chi connectivity index (χ1) is 15.3. The van der Waals surface area contributed by atoms with Crippen molar-refractivity contribution in [1.29, 1.82) is 5.26 Å². The number of alkyl halides is 3. The molecule has 1 aromatic carbocycles. The Bertz CT molecular complexity index is 1170. The van der Waals surface area contributed by atoms with Crippen molar-refractivity contribution in [2.45, 2.75) is 24.7 Å². The molecule has 0 spiro atoms. The molecule has 4 rings (SSSR count). The number of hydrogen-bond acceptors (Lipinski definition) is 6. The number of H-pyrrole nitrogens is 1. The van der Waals surface area contributed by atoms with Gasteiger partial charge in [0.05, 0.1) is 23.6 Å². The summed E-state index contributed by atoms with van der Waals surface area (Å²) in [6, 6.07) is 8.01. The highest BCUT2D eigenvalue weighted by atomic mass is 32.2. The van der Waals surface area contributed by atoms with Crippen molar-refractivity contribution in [3.05, 3.63) is 53.9 Å². The van der Waals surface area contributed by atoms with E-state index in [4.69, 9.17) is 10.5 Å². The molecule has 166 valence electrons. The van der Waals surface area contributed by atoms with E-state index in [-0.39, 0.29) is 18.2 Å². The molecule has 11 heteroatoms. The van der Waals surface area contributed by atoms with Gasteiger partial charge < -0.3 is 20.4 Å². The summed E-state index contributed by atoms with van der Waals surface area (Å²) in [5, 5.41) is 9.96. The summed E-state index contributed by atoms with van der Waals surface area (Å²) in [6.07, 6.45) is -1.76. The maximum Gasteiger partial charge on any atom is 0.417 e. The van der Waals surface area contributed by atoms with Crippen LogP contribution in [0.1, 0.15) is 11.1 Å². The summed E-state index contributed by atoms with van der Waals surface area (Å²) < 4.78 is 43.7. The maximum atomic E-state index is 12.7. The van der Waals surface area contributed by atoms with Gasteiger partial charge in [-0.2, -0.15) is 18.4 Å². The molecule has 1 aliphatic heterocycles. The van der Waals surface area contributed by atoms with Gasteiger partial charge in [-0.3, -0.25) is 4.79 Å². The molecular weight excluding hydrogens is 443 g/mol. The molecule has 2 atom stereocenters. The lowest BCUT2D eigenvalue weighted by molar-refractivity contribution is -0.137. The second-order valence-corrected chi connectivity index (χ2v) is 8.27. The largest absolute Gasteiger partial charge is 0.439 e. The van der Waals surface area contributed by atoms with Crippen LogP contribution in [0.15, 0.2) is 42.7 Å². The van der Waals surface area contributed by atoms with Gasteiger partial charge in [0.2, 0.25) is 11.8 Å². The van der Waals surface area contributed by atoms with Crippen molar-refractivity contribution in [2.24, 2.45) is 5.73 Å². The van der Waals surface area contributed by atoms with E-state index in [1.165, 1.54) is 16.7 Å². The SMILES string of the molecule is N#C[C@@H]1CSCN1C(=O)[C@@H](N)Cc1c[nH]c2ccc(Oc3ccc(C(F)(F)F)cn3)cc12. The van der Waals surface area contributed by atoms with Crippen molar-refractivity contribution >= 4 is 28.6 Å². The predicted molar refractivity (Wildman–Crippen MR) is 113 cm³/mol. The minimum absolute atomic E-state index is 0.0235. The van der Waals surface area contributed by atoms with Gasteiger partial charge in [-0.05, 0) is 36.2 Å². The van der Waals surface area contributed by atoms with Crippen LogP contribution in [0.5, 0.6) is 11.6 Å². The lowest BCUT2D eigenvalue weighted by Crippen LogP contribution is -2.47. The predicted octanol–water partition coefficient (Wildman–Crippen LogP) is 3.67. The summed E-state index contributed by atoms with van der Waals surface area (Å²) in [5.41, 5.74) is 6.87. The van der Waals surface area contributed by atoms with Crippen molar-refractivity contribution in [3.8, 4) is 17.7 Å². The third kappa shape index (κ3) is 4.51. The number of aromatic amines is 1. The van der Waals surface area contributed by atoms with Crippen LogP contribution in [0.2, 0.25) is 0 Å². The molecule has 1 amide bonds. The fraction of sp³-hybridized carbons (Fsp3) is 0.286. The number of halogens is 3. The number of pyridine rings is 1. The molecule has 1 fully saturated rings. The van der Waals surface area contributed by atoms with E-state index in [0.29, 0.717) is 23.6 Å². The molecule has 1 saturated heterocycles. The van der Waals surface area contributed by atoms with Crippen LogP contribution in [0.25, 0.3) is 10.9 Å². The molecule has 0 bridgehead atoms. The molecule has 2 aromatic heterocycles. The van der Waals surface area contributed by atoms with Gasteiger partial charge in [0.25, 0.3) is 0 Å². The Hall–Kier alpha value is -3.23. The number of nitrogens with zero attached hydrogens (tertiary/aromatic N) is 3. The number of carbonyl (C=O) groups is 1. The average Bonchev–Trinajstić information content (AvgIpc) is 3.40. The minimum Gasteiger partial charge on any atom is -0.439 e. The summed E-state index contributed by atoms with van der Waals surface area (Å²) in [5.74, 6) is 1.14. The first kappa shape index (κ1) is 22.0. The van der Waals surface area contributed by atoms with Crippen LogP contribution in [0.4, 0.5) is 13.2 Å². The molecule has 3 N–H and O–H groups in total. The van der Waals surface area contributed by atoms with Crippen LogP contribution in [-0.2, 0) is 17.4 Å². The number of rotatable bonds is 5. The third-order valence-electron chi connectivity index (χ3n) is 5.10. The second-order valence-electron chi connectivity index (χ2n) is 7.27. The Balaban J connectivity index is 1.50. The summed E-state index contributed by atoms with van der Waals surface area (Å²) in [6.45, 7) is 0. The van der Waals surface area contributed by atoms with Crippen LogP contribution in [0, 0.1) is 11.3 Å². The molecule has 0 unspecified atom stereocenters. The highest BCUT2D eigenvalue weighted by Crippen LogP contribution is 2.31. The van der Waals surface area contributed by atoms with E-state index in [9.17, 15) is 23.2 Å². The number of fused-ring (bicyclic) bond motifs is 1. The quantitative estimate of drug-likeness (QED) is 0.600. The number of aromatic nitrogens is 2. The van der Waals surface area contributed by atoms with Gasteiger partial charge in [0.1, 0.15) is 11.8 Å². The monoisotopic (exact) mass is 461 g/mol. The number of benzene rings is 1. The first-order valence-electron chi connectivity index (χ1n) is 9.61. The number of nitrogens with two attached hydrogens (primary N) is 1. The summed E-state index contributed by atoms with van der Waals surface area (Å²) >= 11 is 1.51. The van der Waals surface area contributed by atoms with Gasteiger partial charge >= 0.3 is 6.18 Å². The smallest absolute Gasteiger partial charge is 0.417 e. The van der Waals surface area contributed by atoms with E-state index >= 15 is 0 Å². The third-order valence-corrected chi connectivity index (χ3v) is 6.11. The van der Waals surface area contributed by atoms with E-state index in [0.717, 1.165) is 28.6 Å². The second kappa shape index (κ2) is 8.72. The Kier molecular flexibility index (Phi) is 5.99. The number of carbonyl (C=O) groups excluding carboxylic acids is 1. The van der Waals surface area contributed by atoms with Crippen molar-refractivity contribution < 1.29 is 22.7 Å². The molecule has 3 heterocycles. The van der Waals surface area contributed by atoms with Gasteiger partial charge in [-0.1, -0.05) is 0 Å². The number of hydrogen-bond donors (Lipinski definition) is 2. The highest BCUT2D eigenvalue weighted by molar-refractivity contribution is 7.99. The highest BCUT2D eigenvalue weighted by Gasteiger charge is 2.32. The number of ether oxygens (including phenoxy) is 1. The minimum atomic E-state index is -4.47. The zero-order valence-electron chi connectivity index (χ0n) is 16.6. The lowest BCUT2D eigenvalue weighted by Gasteiger charge is -2.22. The molecule has 32 heavy (non-hydrogen) atoms. The molecule has 0 saturated carbocycles. The van der Waals surface area contributed by atoms with E-state index < -0.39 is 23.8 Å². The standard InChI is InChI=1S/C21H18F3N5O2S/c22-21(23,24)13-1-4-19(28-9-13)31-15-2-3-18-16(6-15)12(8-27-18)5-17(26)20(30)29-11-32-10-14(29)7-25/h1-4,6,8-9,14,17,27H,5,10-11,26H2/t14-,17+/m1/s1. The number of nitrogens with one attached hydrogen (secondary N) is 1. The lowest BCUT2D eigenvalue weighted by atomic mass is 10.0. The van der Waals surface area contributed by atoms with Crippen LogP contribution < -0.4 is 10.5 Å². The topological polar surface area (TPSA) is 108 Å². The van der Waals surface area contributed by atoms with Crippen LogP contribution >= 0.6 is 11.8 Å². The molecule has 1 aliphatic rings. The normalized spacial score (nSPS) is 17.3. The van der Waals surface area contributed by atoms with Gasteiger partial charge in [0.15, 0.2) is 0 Å². The summed E-state index contributed by atoms with van der Waals surface area (Å²) in [7, 11) is 0. The van der Waals surface area contributed by atoms with Crippen molar-refractivity contribution in [2.75, 3.05) is 11.6 Å². The molecule has 0 aliphatic carbocycles.